The van der Waals surface area contributed by atoms with Gasteiger partial charge in [0.1, 0.15) is 5.82 Å². The van der Waals surface area contributed by atoms with Crippen LogP contribution in [0.1, 0.15) is 17.9 Å². The molecule has 2 aromatic heterocycles. The highest BCUT2D eigenvalue weighted by atomic mass is 19.1. The van der Waals surface area contributed by atoms with Crippen LogP contribution >= 0.6 is 0 Å². The monoisotopic (exact) mass is 233 g/mol. The molecule has 0 saturated heterocycles. The molecule has 0 bridgehead atoms. The topological polar surface area (TPSA) is 60.9 Å². The van der Waals surface area contributed by atoms with E-state index >= 15 is 0 Å². The van der Waals surface area contributed by atoms with E-state index in [4.69, 9.17) is 5.73 Å². The van der Waals surface area contributed by atoms with Crippen molar-refractivity contribution in [3.63, 3.8) is 0 Å². The molecule has 4 nitrogen and oxygen atoms in total. The van der Waals surface area contributed by atoms with E-state index in [9.17, 15) is 9.18 Å². The van der Waals surface area contributed by atoms with Crippen LogP contribution in [0.15, 0.2) is 23.1 Å². The Labute approximate surface area is 96.9 Å². The van der Waals surface area contributed by atoms with Crippen LogP contribution < -0.4 is 11.3 Å². The minimum atomic E-state index is -0.340. The molecular weight excluding hydrogens is 221 g/mol. The molecule has 1 aliphatic heterocycles. The molecule has 2 aromatic rings. The molecule has 0 aliphatic carbocycles. The number of hydrogen-bond acceptors (Lipinski definition) is 3. The molecule has 0 spiro atoms. The summed E-state index contributed by atoms with van der Waals surface area (Å²) in [5.41, 5.74) is 7.33. The van der Waals surface area contributed by atoms with E-state index < -0.39 is 0 Å². The third-order valence-corrected chi connectivity index (χ3v) is 3.32. The predicted molar refractivity (Wildman–Crippen MR) is 62.4 cm³/mol. The Hall–Kier alpha value is -1.75. The van der Waals surface area contributed by atoms with E-state index in [1.54, 1.807) is 10.6 Å². The van der Waals surface area contributed by atoms with Crippen molar-refractivity contribution in [1.82, 2.24) is 9.55 Å². The largest absolute Gasteiger partial charge is 0.330 e. The molecule has 88 valence electrons. The molecule has 0 radical (unpaired) electrons. The molecule has 2 N–H and O–H groups in total. The van der Waals surface area contributed by atoms with Crippen LogP contribution in [0.4, 0.5) is 4.39 Å². The first-order valence-electron chi connectivity index (χ1n) is 5.60. The maximum Gasteiger partial charge on any atom is 0.251 e. The Bertz CT molecular complexity index is 650. The van der Waals surface area contributed by atoms with Crippen LogP contribution in [0, 0.1) is 5.82 Å². The Balaban J connectivity index is 2.36. The molecule has 3 heterocycles. The van der Waals surface area contributed by atoms with Crippen LogP contribution in [-0.2, 0) is 6.54 Å². The quantitative estimate of drug-likeness (QED) is 0.841. The second-order valence-corrected chi connectivity index (χ2v) is 4.31. The van der Waals surface area contributed by atoms with Crippen LogP contribution in [0.2, 0.25) is 0 Å². The van der Waals surface area contributed by atoms with Gasteiger partial charge in [-0.05, 0) is 19.0 Å². The molecule has 0 amide bonds. The summed E-state index contributed by atoms with van der Waals surface area (Å²) in [5, 5.41) is 0. The van der Waals surface area contributed by atoms with Crippen LogP contribution in [0.5, 0.6) is 0 Å². The molecule has 1 atom stereocenters. The van der Waals surface area contributed by atoms with Crippen molar-refractivity contribution < 1.29 is 4.39 Å². The van der Waals surface area contributed by atoms with Gasteiger partial charge in [0.25, 0.3) is 5.56 Å². The predicted octanol–water partition coefficient (Wildman–Crippen LogP) is 0.982. The van der Waals surface area contributed by atoms with Crippen LogP contribution in [0.25, 0.3) is 11.0 Å². The Morgan fingerprint density at radius 3 is 3.12 bits per heavy atom. The third-order valence-electron chi connectivity index (χ3n) is 3.32. The molecule has 0 saturated carbocycles. The minimum absolute atomic E-state index is 0.0133. The van der Waals surface area contributed by atoms with Gasteiger partial charge >= 0.3 is 0 Å². The van der Waals surface area contributed by atoms with Gasteiger partial charge in [-0.25, -0.2) is 4.39 Å². The average molecular weight is 233 g/mol. The number of pyridine rings is 2. The zero-order chi connectivity index (χ0) is 12.0. The highest BCUT2D eigenvalue weighted by Gasteiger charge is 2.28. The van der Waals surface area contributed by atoms with Gasteiger partial charge in [-0.15, -0.1) is 0 Å². The molecule has 1 aliphatic rings. The summed E-state index contributed by atoms with van der Waals surface area (Å²) in [5.74, 6) is -0.353. The Morgan fingerprint density at radius 2 is 2.35 bits per heavy atom. The fourth-order valence-electron chi connectivity index (χ4n) is 2.58. The number of halogens is 1. The molecule has 0 fully saturated rings. The van der Waals surface area contributed by atoms with Gasteiger partial charge in [-0.1, -0.05) is 0 Å². The standard InChI is InChI=1S/C12H12FN3O/c13-8-5-15-9-1-2-10(17)16-6-7(3-4-14)11(8)12(9)16/h1-2,5,7H,3-4,6,14H2. The lowest BCUT2D eigenvalue weighted by Crippen LogP contribution is -2.18. The lowest BCUT2D eigenvalue weighted by molar-refractivity contribution is 0.534. The van der Waals surface area contributed by atoms with Gasteiger partial charge in [0.2, 0.25) is 0 Å². The van der Waals surface area contributed by atoms with Crippen molar-refractivity contribution >= 4 is 11.0 Å². The van der Waals surface area contributed by atoms with E-state index in [0.717, 1.165) is 0 Å². The smallest absolute Gasteiger partial charge is 0.251 e. The first-order valence-corrected chi connectivity index (χ1v) is 5.60. The summed E-state index contributed by atoms with van der Waals surface area (Å²) in [4.78, 5) is 15.8. The van der Waals surface area contributed by atoms with Gasteiger partial charge < -0.3 is 10.3 Å². The van der Waals surface area contributed by atoms with Crippen molar-refractivity contribution in [3.05, 3.63) is 40.1 Å². The number of hydrogen-bond donors (Lipinski definition) is 1. The van der Waals surface area contributed by atoms with Gasteiger partial charge in [0.05, 0.1) is 17.2 Å². The highest BCUT2D eigenvalue weighted by Crippen LogP contribution is 2.35. The zero-order valence-electron chi connectivity index (χ0n) is 9.19. The van der Waals surface area contributed by atoms with Crippen molar-refractivity contribution in [3.8, 4) is 0 Å². The second kappa shape index (κ2) is 3.63. The summed E-state index contributed by atoms with van der Waals surface area (Å²) < 4.78 is 15.4. The third kappa shape index (κ3) is 1.39. The number of nitrogens with two attached hydrogens (primary N) is 1. The van der Waals surface area contributed by atoms with Gasteiger partial charge in [-0.3, -0.25) is 9.78 Å². The van der Waals surface area contributed by atoms with Gasteiger partial charge in [-0.2, -0.15) is 0 Å². The fraction of sp³-hybridized carbons (Fsp3) is 0.333. The molecule has 5 heteroatoms. The number of rotatable bonds is 2. The molecule has 0 aromatic carbocycles. The van der Waals surface area contributed by atoms with Crippen molar-refractivity contribution in [1.29, 1.82) is 0 Å². The summed E-state index contributed by atoms with van der Waals surface area (Å²) in [7, 11) is 0. The van der Waals surface area contributed by atoms with Gasteiger partial charge in [0, 0.05) is 24.1 Å². The molecule has 3 rings (SSSR count). The van der Waals surface area contributed by atoms with Crippen LogP contribution in [0.3, 0.4) is 0 Å². The SMILES string of the molecule is NCCC1Cn2c(=O)ccc3ncc(F)c1c32. The number of aromatic nitrogens is 2. The summed E-state index contributed by atoms with van der Waals surface area (Å²) >= 11 is 0. The maximum absolute atomic E-state index is 13.8. The average Bonchev–Trinajstić information content (AvgIpc) is 2.69. The molecule has 1 unspecified atom stereocenters. The van der Waals surface area contributed by atoms with E-state index in [0.29, 0.717) is 36.1 Å². The van der Waals surface area contributed by atoms with E-state index in [2.05, 4.69) is 4.98 Å². The first kappa shape index (κ1) is 10.4. The van der Waals surface area contributed by atoms with Crippen molar-refractivity contribution in [2.75, 3.05) is 6.54 Å². The fourth-order valence-corrected chi connectivity index (χ4v) is 2.58. The van der Waals surface area contributed by atoms with Crippen molar-refractivity contribution in [2.24, 2.45) is 5.73 Å². The maximum atomic E-state index is 13.8. The summed E-state index contributed by atoms with van der Waals surface area (Å²) in [6.07, 6.45) is 1.90. The summed E-state index contributed by atoms with van der Waals surface area (Å²) in [6, 6.07) is 3.11. The summed E-state index contributed by atoms with van der Waals surface area (Å²) in [6.45, 7) is 0.988. The normalized spacial score (nSPS) is 17.9. The Morgan fingerprint density at radius 1 is 1.53 bits per heavy atom. The Kier molecular flexibility index (Phi) is 2.22. The van der Waals surface area contributed by atoms with E-state index in [1.807, 2.05) is 0 Å². The van der Waals surface area contributed by atoms with E-state index in [1.165, 1.54) is 12.3 Å². The lowest BCUT2D eigenvalue weighted by atomic mass is 9.98. The second-order valence-electron chi connectivity index (χ2n) is 4.31. The van der Waals surface area contributed by atoms with E-state index in [-0.39, 0.29) is 17.3 Å². The van der Waals surface area contributed by atoms with Crippen molar-refractivity contribution in [2.45, 2.75) is 18.9 Å². The molecular formula is C12H12FN3O. The lowest BCUT2D eigenvalue weighted by Gasteiger charge is -2.08. The zero-order valence-corrected chi connectivity index (χ0v) is 9.19. The van der Waals surface area contributed by atoms with Crippen LogP contribution in [-0.4, -0.2) is 16.1 Å². The van der Waals surface area contributed by atoms with Gasteiger partial charge in [0.15, 0.2) is 0 Å². The highest BCUT2D eigenvalue weighted by molar-refractivity contribution is 5.80. The number of nitrogens with zero attached hydrogens (tertiary/aromatic N) is 2. The molecule has 17 heavy (non-hydrogen) atoms. The minimum Gasteiger partial charge on any atom is -0.330 e. The first-order chi connectivity index (χ1) is 8.22.